The Morgan fingerprint density at radius 3 is 2.56 bits per heavy atom. The lowest BCUT2D eigenvalue weighted by Crippen LogP contribution is -2.12. The summed E-state index contributed by atoms with van der Waals surface area (Å²) in [5, 5.41) is 14.2. The van der Waals surface area contributed by atoms with Crippen LogP contribution in [0.25, 0.3) is 0 Å². The molecule has 0 atom stereocenters. The van der Waals surface area contributed by atoms with Gasteiger partial charge >= 0.3 is 0 Å². The van der Waals surface area contributed by atoms with Gasteiger partial charge in [-0.05, 0) is 29.8 Å². The van der Waals surface area contributed by atoms with E-state index in [2.05, 4.69) is 10.3 Å². The summed E-state index contributed by atoms with van der Waals surface area (Å²) in [7, 11) is 0. The molecular weight excluding hydrogens is 348 g/mol. The zero-order valence-electron chi connectivity index (χ0n) is 14.2. The molecule has 0 aliphatic rings. The molecule has 0 unspecified atom stereocenters. The second-order valence-corrected chi connectivity index (χ2v) is 5.63. The number of anilines is 1. The number of nitro groups is 1. The van der Waals surface area contributed by atoms with Crippen LogP contribution in [0.4, 0.5) is 11.4 Å². The summed E-state index contributed by atoms with van der Waals surface area (Å²) in [6.07, 6.45) is 1.62. The maximum atomic E-state index is 11.2. The molecule has 27 heavy (non-hydrogen) atoms. The van der Waals surface area contributed by atoms with Gasteiger partial charge in [0.1, 0.15) is 11.4 Å². The number of nitrogens with two attached hydrogens (primary N) is 1. The van der Waals surface area contributed by atoms with Gasteiger partial charge in [0.2, 0.25) is 11.8 Å². The Kier molecular flexibility index (Phi) is 5.27. The number of rotatable bonds is 7. The molecule has 0 radical (unpaired) electrons. The minimum absolute atomic E-state index is 0.0799. The summed E-state index contributed by atoms with van der Waals surface area (Å²) in [5.74, 6) is 0.408. The second kappa shape index (κ2) is 7.96. The van der Waals surface area contributed by atoms with Crippen molar-refractivity contribution >= 4 is 17.3 Å². The van der Waals surface area contributed by atoms with Gasteiger partial charge in [-0.3, -0.25) is 14.9 Å². The molecule has 0 saturated heterocycles. The summed E-state index contributed by atoms with van der Waals surface area (Å²) in [4.78, 5) is 26.1. The number of para-hydroxylation sites is 1. The van der Waals surface area contributed by atoms with Gasteiger partial charge in [-0.1, -0.05) is 24.3 Å². The molecule has 1 aromatic heterocycles. The quantitative estimate of drug-likeness (QED) is 0.489. The fraction of sp³-hybridized carbons (Fsp3) is 0.0526. The molecule has 8 heteroatoms. The van der Waals surface area contributed by atoms with Gasteiger partial charge < -0.3 is 15.8 Å². The highest BCUT2D eigenvalue weighted by atomic mass is 16.6. The van der Waals surface area contributed by atoms with E-state index in [0.717, 1.165) is 11.6 Å². The Hall–Kier alpha value is -3.94. The van der Waals surface area contributed by atoms with E-state index in [1.165, 1.54) is 12.1 Å². The first-order chi connectivity index (χ1) is 13.0. The molecule has 1 heterocycles. The van der Waals surface area contributed by atoms with Gasteiger partial charge in [-0.25, -0.2) is 4.98 Å². The van der Waals surface area contributed by atoms with Crippen LogP contribution in [-0.2, 0) is 6.54 Å². The van der Waals surface area contributed by atoms with E-state index in [-0.39, 0.29) is 16.9 Å². The molecule has 8 nitrogen and oxygen atoms in total. The number of primary amides is 1. The number of aromatic nitrogens is 1. The lowest BCUT2D eigenvalue weighted by molar-refractivity contribution is -0.384. The first-order valence-electron chi connectivity index (χ1n) is 8.03. The van der Waals surface area contributed by atoms with Crippen molar-refractivity contribution < 1.29 is 14.5 Å². The minimum Gasteiger partial charge on any atom is -0.439 e. The van der Waals surface area contributed by atoms with Crippen LogP contribution in [-0.4, -0.2) is 15.8 Å². The lowest BCUT2D eigenvalue weighted by Gasteiger charge is -2.09. The number of pyridine rings is 1. The average Bonchev–Trinajstić information content (AvgIpc) is 2.68. The van der Waals surface area contributed by atoms with Crippen molar-refractivity contribution in [3.63, 3.8) is 0 Å². The van der Waals surface area contributed by atoms with Crippen molar-refractivity contribution in [1.82, 2.24) is 4.98 Å². The molecule has 1 amide bonds. The number of nitro benzene ring substituents is 1. The third-order valence-electron chi connectivity index (χ3n) is 3.73. The van der Waals surface area contributed by atoms with Crippen molar-refractivity contribution in [2.24, 2.45) is 5.73 Å². The number of hydrogen-bond acceptors (Lipinski definition) is 6. The van der Waals surface area contributed by atoms with E-state index in [1.807, 2.05) is 36.4 Å². The Morgan fingerprint density at radius 1 is 1.15 bits per heavy atom. The van der Waals surface area contributed by atoms with E-state index in [1.54, 1.807) is 12.3 Å². The summed E-state index contributed by atoms with van der Waals surface area (Å²) in [6, 6.07) is 16.8. The predicted molar refractivity (Wildman–Crippen MR) is 99.7 cm³/mol. The fourth-order valence-corrected chi connectivity index (χ4v) is 2.37. The van der Waals surface area contributed by atoms with E-state index >= 15 is 0 Å². The van der Waals surface area contributed by atoms with Crippen LogP contribution < -0.4 is 15.8 Å². The molecule has 0 saturated carbocycles. The largest absolute Gasteiger partial charge is 0.439 e. The molecule has 0 aliphatic carbocycles. The third kappa shape index (κ3) is 4.57. The molecular formula is C19H16N4O4. The van der Waals surface area contributed by atoms with E-state index in [0.29, 0.717) is 18.2 Å². The van der Waals surface area contributed by atoms with Gasteiger partial charge in [0.25, 0.3) is 5.69 Å². The summed E-state index contributed by atoms with van der Waals surface area (Å²) in [5.41, 5.74) is 6.12. The van der Waals surface area contributed by atoms with Gasteiger partial charge in [-0.2, -0.15) is 0 Å². The van der Waals surface area contributed by atoms with Crippen LogP contribution in [0.2, 0.25) is 0 Å². The number of hydrogen-bond donors (Lipinski definition) is 2. The number of carbonyl (C=O) groups is 1. The standard InChI is InChI=1S/C19H16N4O4/c20-19(24)14-7-8-16(17(10-14)23(25)26)21-11-13-6-9-18(22-12-13)27-15-4-2-1-3-5-15/h1-10,12,21H,11H2,(H2,20,24). The van der Waals surface area contributed by atoms with Gasteiger partial charge in [0.05, 0.1) is 4.92 Å². The monoisotopic (exact) mass is 364 g/mol. The van der Waals surface area contributed by atoms with Crippen molar-refractivity contribution in [3.05, 3.63) is 88.1 Å². The van der Waals surface area contributed by atoms with Gasteiger partial charge in [-0.15, -0.1) is 0 Å². The van der Waals surface area contributed by atoms with Crippen LogP contribution in [0.15, 0.2) is 66.9 Å². The van der Waals surface area contributed by atoms with Gasteiger partial charge in [0.15, 0.2) is 0 Å². The number of nitrogens with zero attached hydrogens (tertiary/aromatic N) is 2. The molecule has 2 aromatic carbocycles. The number of benzene rings is 2. The molecule has 0 spiro atoms. The van der Waals surface area contributed by atoms with Crippen LogP contribution in [0, 0.1) is 10.1 Å². The van der Waals surface area contributed by atoms with Crippen LogP contribution in [0.3, 0.4) is 0 Å². The highest BCUT2D eigenvalue weighted by Crippen LogP contribution is 2.26. The molecule has 0 fully saturated rings. The van der Waals surface area contributed by atoms with E-state index < -0.39 is 10.8 Å². The molecule has 0 aliphatic heterocycles. The normalized spacial score (nSPS) is 10.2. The van der Waals surface area contributed by atoms with Crippen molar-refractivity contribution in [1.29, 1.82) is 0 Å². The molecule has 0 bridgehead atoms. The highest BCUT2D eigenvalue weighted by molar-refractivity contribution is 5.94. The maximum Gasteiger partial charge on any atom is 0.293 e. The number of ether oxygens (including phenoxy) is 1. The van der Waals surface area contributed by atoms with E-state index in [9.17, 15) is 14.9 Å². The van der Waals surface area contributed by atoms with E-state index in [4.69, 9.17) is 10.5 Å². The molecule has 136 valence electrons. The van der Waals surface area contributed by atoms with Gasteiger partial charge in [0, 0.05) is 30.4 Å². The average molecular weight is 364 g/mol. The van der Waals surface area contributed by atoms with Crippen molar-refractivity contribution in [2.75, 3.05) is 5.32 Å². The molecule has 3 rings (SSSR count). The molecule has 3 N–H and O–H groups in total. The summed E-state index contributed by atoms with van der Waals surface area (Å²) in [6.45, 7) is 0.315. The Morgan fingerprint density at radius 2 is 1.93 bits per heavy atom. The highest BCUT2D eigenvalue weighted by Gasteiger charge is 2.16. The maximum absolute atomic E-state index is 11.2. The van der Waals surface area contributed by atoms with Crippen molar-refractivity contribution in [2.45, 2.75) is 6.54 Å². The van der Waals surface area contributed by atoms with Crippen LogP contribution in [0.5, 0.6) is 11.6 Å². The SMILES string of the molecule is NC(=O)c1ccc(NCc2ccc(Oc3ccccc3)nc2)c([N+](=O)[O-])c1. The Labute approximate surface area is 154 Å². The Balaban J connectivity index is 1.68. The summed E-state index contributed by atoms with van der Waals surface area (Å²) < 4.78 is 5.62. The zero-order chi connectivity index (χ0) is 19.2. The van der Waals surface area contributed by atoms with Crippen LogP contribution >= 0.6 is 0 Å². The fourth-order valence-electron chi connectivity index (χ4n) is 2.37. The molecule has 3 aromatic rings. The predicted octanol–water partition coefficient (Wildman–Crippen LogP) is 3.49. The third-order valence-corrected chi connectivity index (χ3v) is 3.73. The number of nitrogens with one attached hydrogen (secondary N) is 1. The minimum atomic E-state index is -0.720. The second-order valence-electron chi connectivity index (χ2n) is 5.63. The zero-order valence-corrected chi connectivity index (χ0v) is 14.2. The van der Waals surface area contributed by atoms with Crippen molar-refractivity contribution in [3.8, 4) is 11.6 Å². The number of amides is 1. The topological polar surface area (TPSA) is 120 Å². The number of carbonyl (C=O) groups excluding carboxylic acids is 1. The first-order valence-corrected chi connectivity index (χ1v) is 8.03. The first kappa shape index (κ1) is 17.9. The smallest absolute Gasteiger partial charge is 0.293 e. The Bertz CT molecular complexity index is 959. The lowest BCUT2D eigenvalue weighted by atomic mass is 10.1. The van der Waals surface area contributed by atoms with Crippen LogP contribution in [0.1, 0.15) is 15.9 Å². The summed E-state index contributed by atoms with van der Waals surface area (Å²) >= 11 is 0.